The van der Waals surface area contributed by atoms with E-state index in [4.69, 9.17) is 11.6 Å². The van der Waals surface area contributed by atoms with E-state index in [1.165, 1.54) is 7.11 Å². The molecule has 0 radical (unpaired) electrons. The van der Waals surface area contributed by atoms with E-state index < -0.39 is 0 Å². The van der Waals surface area contributed by atoms with E-state index in [-0.39, 0.29) is 30.5 Å². The summed E-state index contributed by atoms with van der Waals surface area (Å²) in [5, 5.41) is 0. The molecular formula is C13H15ClO3. The average molecular weight is 255 g/mol. The molecule has 4 heteroatoms. The second-order valence-electron chi connectivity index (χ2n) is 3.87. The van der Waals surface area contributed by atoms with Crippen molar-refractivity contribution in [2.75, 3.05) is 13.0 Å². The maximum atomic E-state index is 11.4. The number of aryl methyl sites for hydroxylation is 1. The van der Waals surface area contributed by atoms with Gasteiger partial charge in [-0.2, -0.15) is 0 Å². The molecule has 1 rings (SSSR count). The molecule has 1 aromatic carbocycles. The van der Waals surface area contributed by atoms with Crippen molar-refractivity contribution in [3.8, 4) is 0 Å². The molecule has 0 bridgehead atoms. The van der Waals surface area contributed by atoms with Gasteiger partial charge in [-0.25, -0.2) is 0 Å². The minimum absolute atomic E-state index is 0.00833. The Morgan fingerprint density at radius 2 is 1.94 bits per heavy atom. The van der Waals surface area contributed by atoms with Crippen LogP contribution < -0.4 is 0 Å². The number of methoxy groups -OCH3 is 1. The Labute approximate surface area is 106 Å². The fourth-order valence-corrected chi connectivity index (χ4v) is 1.67. The molecule has 0 atom stereocenters. The van der Waals surface area contributed by atoms with Crippen molar-refractivity contribution in [3.05, 3.63) is 34.9 Å². The highest BCUT2D eigenvalue weighted by atomic mass is 35.5. The van der Waals surface area contributed by atoms with Crippen LogP contribution in [0.3, 0.4) is 0 Å². The zero-order valence-corrected chi connectivity index (χ0v) is 10.7. The molecule has 0 saturated carbocycles. The zero-order chi connectivity index (χ0) is 12.8. The SMILES string of the molecule is COC(=O)Cc1ccc(C)cc1CC(=O)CCl. The first-order chi connectivity index (χ1) is 8.06. The lowest BCUT2D eigenvalue weighted by atomic mass is 9.98. The molecular weight excluding hydrogens is 240 g/mol. The lowest BCUT2D eigenvalue weighted by Crippen LogP contribution is -2.11. The summed E-state index contributed by atoms with van der Waals surface area (Å²) in [4.78, 5) is 22.6. The number of hydrogen-bond donors (Lipinski definition) is 0. The van der Waals surface area contributed by atoms with Crippen LogP contribution in [0.25, 0.3) is 0 Å². The van der Waals surface area contributed by atoms with Crippen LogP contribution in [0.15, 0.2) is 18.2 Å². The monoisotopic (exact) mass is 254 g/mol. The number of esters is 1. The number of carbonyl (C=O) groups is 2. The Balaban J connectivity index is 2.95. The number of hydrogen-bond acceptors (Lipinski definition) is 3. The largest absolute Gasteiger partial charge is 0.469 e. The average Bonchev–Trinajstić information content (AvgIpc) is 2.32. The van der Waals surface area contributed by atoms with Gasteiger partial charge in [0.05, 0.1) is 19.4 Å². The lowest BCUT2D eigenvalue weighted by Gasteiger charge is -2.08. The number of carbonyl (C=O) groups excluding carboxylic acids is 2. The molecule has 0 aliphatic carbocycles. The first-order valence-corrected chi connectivity index (χ1v) is 5.83. The van der Waals surface area contributed by atoms with Gasteiger partial charge in [0.2, 0.25) is 0 Å². The van der Waals surface area contributed by atoms with Crippen LogP contribution >= 0.6 is 11.6 Å². The van der Waals surface area contributed by atoms with E-state index in [0.29, 0.717) is 0 Å². The van der Waals surface area contributed by atoms with Gasteiger partial charge in [-0.15, -0.1) is 11.6 Å². The van der Waals surface area contributed by atoms with Gasteiger partial charge < -0.3 is 4.74 Å². The molecule has 0 N–H and O–H groups in total. The number of ether oxygens (including phenoxy) is 1. The molecule has 92 valence electrons. The highest BCUT2D eigenvalue weighted by molar-refractivity contribution is 6.27. The Morgan fingerprint density at radius 1 is 1.24 bits per heavy atom. The maximum Gasteiger partial charge on any atom is 0.309 e. The van der Waals surface area contributed by atoms with Crippen LogP contribution in [0, 0.1) is 6.92 Å². The fraction of sp³-hybridized carbons (Fsp3) is 0.385. The summed E-state index contributed by atoms with van der Waals surface area (Å²) in [5.74, 6) is -0.372. The summed E-state index contributed by atoms with van der Waals surface area (Å²) < 4.78 is 4.62. The summed E-state index contributed by atoms with van der Waals surface area (Å²) in [6.45, 7) is 1.94. The minimum Gasteiger partial charge on any atom is -0.469 e. The number of benzene rings is 1. The number of ketones is 1. The Kier molecular flexibility index (Phi) is 5.16. The lowest BCUT2D eigenvalue weighted by molar-refractivity contribution is -0.139. The molecule has 0 spiro atoms. The predicted molar refractivity (Wildman–Crippen MR) is 66.3 cm³/mol. The second kappa shape index (κ2) is 6.40. The van der Waals surface area contributed by atoms with Gasteiger partial charge >= 0.3 is 5.97 Å². The molecule has 3 nitrogen and oxygen atoms in total. The van der Waals surface area contributed by atoms with E-state index in [1.54, 1.807) is 0 Å². The van der Waals surface area contributed by atoms with Crippen molar-refractivity contribution < 1.29 is 14.3 Å². The first kappa shape index (κ1) is 13.7. The summed E-state index contributed by atoms with van der Waals surface area (Å²) in [5.41, 5.74) is 2.72. The quantitative estimate of drug-likeness (QED) is 0.597. The third kappa shape index (κ3) is 4.19. The minimum atomic E-state index is -0.312. The molecule has 0 aliphatic rings. The van der Waals surface area contributed by atoms with E-state index in [9.17, 15) is 9.59 Å². The van der Waals surface area contributed by atoms with Gasteiger partial charge in [0.1, 0.15) is 0 Å². The van der Waals surface area contributed by atoms with E-state index in [0.717, 1.165) is 16.7 Å². The molecule has 0 fully saturated rings. The fourth-order valence-electron chi connectivity index (χ4n) is 1.58. The number of rotatable bonds is 5. The van der Waals surface area contributed by atoms with Crippen molar-refractivity contribution in [2.45, 2.75) is 19.8 Å². The highest BCUT2D eigenvalue weighted by Crippen LogP contribution is 2.14. The summed E-state index contributed by atoms with van der Waals surface area (Å²) >= 11 is 5.49. The smallest absolute Gasteiger partial charge is 0.309 e. The van der Waals surface area contributed by atoms with Gasteiger partial charge in [0, 0.05) is 6.42 Å². The maximum absolute atomic E-state index is 11.4. The topological polar surface area (TPSA) is 43.4 Å². The molecule has 0 aliphatic heterocycles. The Morgan fingerprint density at radius 3 is 2.53 bits per heavy atom. The third-order valence-electron chi connectivity index (χ3n) is 2.46. The van der Waals surface area contributed by atoms with Gasteiger partial charge in [0.25, 0.3) is 0 Å². The van der Waals surface area contributed by atoms with Crippen molar-refractivity contribution >= 4 is 23.4 Å². The van der Waals surface area contributed by atoms with Crippen molar-refractivity contribution in [1.29, 1.82) is 0 Å². The third-order valence-corrected chi connectivity index (χ3v) is 2.76. The number of Topliss-reactive ketones (excluding diaryl/α,β-unsaturated/α-hetero) is 1. The van der Waals surface area contributed by atoms with Crippen molar-refractivity contribution in [2.24, 2.45) is 0 Å². The molecule has 17 heavy (non-hydrogen) atoms. The zero-order valence-electron chi connectivity index (χ0n) is 9.96. The summed E-state index contributed by atoms with van der Waals surface area (Å²) in [6.07, 6.45) is 0.444. The van der Waals surface area contributed by atoms with Crippen LogP contribution in [0.4, 0.5) is 0 Å². The summed E-state index contributed by atoms with van der Waals surface area (Å²) in [7, 11) is 1.35. The molecule has 1 aromatic rings. The molecule has 0 amide bonds. The molecule has 0 aromatic heterocycles. The first-order valence-electron chi connectivity index (χ1n) is 5.29. The van der Waals surface area contributed by atoms with Crippen molar-refractivity contribution in [1.82, 2.24) is 0 Å². The number of halogens is 1. The summed E-state index contributed by atoms with van der Waals surface area (Å²) in [6, 6.07) is 5.67. The number of alkyl halides is 1. The van der Waals surface area contributed by atoms with Gasteiger partial charge in [0.15, 0.2) is 5.78 Å². The van der Waals surface area contributed by atoms with Crippen molar-refractivity contribution in [3.63, 3.8) is 0 Å². The van der Waals surface area contributed by atoms with Crippen LogP contribution in [0.5, 0.6) is 0 Å². The van der Waals surface area contributed by atoms with Crippen LogP contribution in [-0.4, -0.2) is 24.7 Å². The Hall–Kier alpha value is -1.35. The van der Waals surface area contributed by atoms with Crippen LogP contribution in [-0.2, 0) is 27.2 Å². The second-order valence-corrected chi connectivity index (χ2v) is 4.14. The van der Waals surface area contributed by atoms with E-state index in [2.05, 4.69) is 4.74 Å². The highest BCUT2D eigenvalue weighted by Gasteiger charge is 2.11. The van der Waals surface area contributed by atoms with E-state index >= 15 is 0 Å². The van der Waals surface area contributed by atoms with E-state index in [1.807, 2.05) is 25.1 Å². The van der Waals surface area contributed by atoms with Gasteiger partial charge in [-0.05, 0) is 18.1 Å². The normalized spacial score (nSPS) is 10.1. The van der Waals surface area contributed by atoms with Crippen LogP contribution in [0.1, 0.15) is 16.7 Å². The molecule has 0 saturated heterocycles. The Bertz CT molecular complexity index is 427. The predicted octanol–water partition coefficient (Wildman–Crippen LogP) is 2.06. The standard InChI is InChI=1S/C13H15ClO3/c1-9-3-4-10(7-13(16)17-2)11(5-9)6-12(15)8-14/h3-5H,6-8H2,1-2H3. The van der Waals surface area contributed by atoms with Gasteiger partial charge in [-0.1, -0.05) is 23.8 Å². The molecule has 0 heterocycles. The molecule has 0 unspecified atom stereocenters. The van der Waals surface area contributed by atoms with Crippen LogP contribution in [0.2, 0.25) is 0 Å². The van der Waals surface area contributed by atoms with Gasteiger partial charge in [-0.3, -0.25) is 9.59 Å².